The maximum atomic E-state index is 12.2. The number of anilines is 1. The lowest BCUT2D eigenvalue weighted by Gasteiger charge is -2.07. The maximum Gasteiger partial charge on any atom is 0.338 e. The van der Waals surface area contributed by atoms with Gasteiger partial charge in [-0.15, -0.1) is 0 Å². The smallest absolute Gasteiger partial charge is 0.338 e. The number of hydrogen-bond donors (Lipinski definition) is 1. The summed E-state index contributed by atoms with van der Waals surface area (Å²) in [5, 5.41) is 3.25. The average Bonchev–Trinajstić information content (AvgIpc) is 2.55. The Labute approximate surface area is 142 Å². The highest BCUT2D eigenvalue weighted by molar-refractivity contribution is 7.98. The van der Waals surface area contributed by atoms with Gasteiger partial charge in [-0.05, 0) is 37.4 Å². The van der Waals surface area contributed by atoms with E-state index in [1.54, 1.807) is 31.2 Å². The van der Waals surface area contributed by atoms with E-state index in [0.717, 1.165) is 0 Å². The van der Waals surface area contributed by atoms with Crippen LogP contribution in [-0.4, -0.2) is 34.7 Å². The lowest BCUT2D eigenvalue weighted by atomic mass is 10.2. The molecule has 6 nitrogen and oxygen atoms in total. The SMILES string of the molecule is CCOC(=O)c1ccc(NC(=O)c2cnc(SC)nc2Cl)cc1. The monoisotopic (exact) mass is 351 g/mol. The minimum atomic E-state index is -0.425. The van der Waals surface area contributed by atoms with E-state index >= 15 is 0 Å². The van der Waals surface area contributed by atoms with Crippen LogP contribution in [0.2, 0.25) is 5.15 Å². The normalized spacial score (nSPS) is 10.2. The molecule has 0 aliphatic carbocycles. The third-order valence-corrected chi connectivity index (χ3v) is 3.65. The van der Waals surface area contributed by atoms with Crippen LogP contribution in [0.1, 0.15) is 27.6 Å². The Hall–Kier alpha value is -2.12. The molecule has 23 heavy (non-hydrogen) atoms. The van der Waals surface area contributed by atoms with Crippen LogP contribution in [0.25, 0.3) is 0 Å². The van der Waals surface area contributed by atoms with Crippen LogP contribution in [0, 0.1) is 0 Å². The van der Waals surface area contributed by atoms with Crippen molar-refractivity contribution in [3.63, 3.8) is 0 Å². The van der Waals surface area contributed by atoms with E-state index in [1.807, 2.05) is 6.26 Å². The van der Waals surface area contributed by atoms with E-state index in [1.165, 1.54) is 18.0 Å². The van der Waals surface area contributed by atoms with E-state index in [-0.39, 0.29) is 10.7 Å². The summed E-state index contributed by atoms with van der Waals surface area (Å²) in [6.45, 7) is 2.04. The number of nitrogens with one attached hydrogen (secondary N) is 1. The van der Waals surface area contributed by atoms with Gasteiger partial charge in [-0.2, -0.15) is 0 Å². The highest BCUT2D eigenvalue weighted by atomic mass is 35.5. The quantitative estimate of drug-likeness (QED) is 0.385. The molecule has 0 unspecified atom stereocenters. The van der Waals surface area contributed by atoms with Crippen LogP contribution in [0.15, 0.2) is 35.6 Å². The summed E-state index contributed by atoms with van der Waals surface area (Å²) >= 11 is 7.32. The van der Waals surface area contributed by atoms with Crippen molar-refractivity contribution in [2.45, 2.75) is 12.1 Å². The molecule has 0 bridgehead atoms. The van der Waals surface area contributed by atoms with Crippen molar-refractivity contribution >= 4 is 40.9 Å². The molecule has 0 radical (unpaired) electrons. The van der Waals surface area contributed by atoms with Crippen molar-refractivity contribution in [1.82, 2.24) is 9.97 Å². The summed E-state index contributed by atoms with van der Waals surface area (Å²) in [6.07, 6.45) is 3.19. The Morgan fingerprint density at radius 1 is 1.30 bits per heavy atom. The minimum absolute atomic E-state index is 0.0880. The molecule has 0 spiro atoms. The number of halogens is 1. The van der Waals surface area contributed by atoms with Crippen LogP contribution in [0.3, 0.4) is 0 Å². The second-order valence-electron chi connectivity index (χ2n) is 4.31. The summed E-state index contributed by atoms with van der Waals surface area (Å²) in [4.78, 5) is 31.8. The second-order valence-corrected chi connectivity index (χ2v) is 5.44. The largest absolute Gasteiger partial charge is 0.462 e. The predicted octanol–water partition coefficient (Wildman–Crippen LogP) is 3.28. The van der Waals surface area contributed by atoms with Gasteiger partial charge in [-0.25, -0.2) is 14.8 Å². The number of esters is 1. The molecule has 2 aromatic rings. The van der Waals surface area contributed by atoms with Gasteiger partial charge >= 0.3 is 5.97 Å². The third kappa shape index (κ3) is 4.43. The van der Waals surface area contributed by atoms with Crippen LogP contribution in [-0.2, 0) is 4.74 Å². The first-order chi connectivity index (χ1) is 11.0. The highest BCUT2D eigenvalue weighted by Gasteiger charge is 2.14. The summed E-state index contributed by atoms with van der Waals surface area (Å²) < 4.78 is 4.89. The summed E-state index contributed by atoms with van der Waals surface area (Å²) in [5.41, 5.74) is 1.11. The van der Waals surface area contributed by atoms with Crippen LogP contribution in [0.5, 0.6) is 0 Å². The fourth-order valence-corrected chi connectivity index (χ4v) is 2.30. The highest BCUT2D eigenvalue weighted by Crippen LogP contribution is 2.18. The fourth-order valence-electron chi connectivity index (χ4n) is 1.70. The molecule has 0 aliphatic rings. The van der Waals surface area contributed by atoms with Crippen molar-refractivity contribution in [2.24, 2.45) is 0 Å². The third-order valence-electron chi connectivity index (χ3n) is 2.80. The molecule has 1 amide bonds. The second kappa shape index (κ2) is 7.94. The summed E-state index contributed by atoms with van der Waals surface area (Å²) in [7, 11) is 0. The molecule has 0 fully saturated rings. The van der Waals surface area contributed by atoms with E-state index in [2.05, 4.69) is 15.3 Å². The average molecular weight is 352 g/mol. The molecule has 1 aromatic carbocycles. The lowest BCUT2D eigenvalue weighted by molar-refractivity contribution is 0.0526. The van der Waals surface area contributed by atoms with Crippen molar-refractivity contribution in [2.75, 3.05) is 18.2 Å². The molecule has 8 heteroatoms. The fraction of sp³-hybridized carbons (Fsp3) is 0.200. The van der Waals surface area contributed by atoms with Gasteiger partial charge in [0.05, 0.1) is 17.7 Å². The lowest BCUT2D eigenvalue weighted by Crippen LogP contribution is -2.14. The predicted molar refractivity (Wildman–Crippen MR) is 89.2 cm³/mol. The molecular formula is C15H14ClN3O3S. The molecular weight excluding hydrogens is 338 g/mol. The molecule has 0 atom stereocenters. The van der Waals surface area contributed by atoms with Gasteiger partial charge in [0.15, 0.2) is 5.16 Å². The first-order valence-corrected chi connectivity index (χ1v) is 8.30. The number of nitrogens with zero attached hydrogens (tertiary/aromatic N) is 2. The van der Waals surface area contributed by atoms with E-state index < -0.39 is 11.9 Å². The van der Waals surface area contributed by atoms with Gasteiger partial charge in [0, 0.05) is 11.9 Å². The Morgan fingerprint density at radius 3 is 2.57 bits per heavy atom. The van der Waals surface area contributed by atoms with Crippen LogP contribution < -0.4 is 5.32 Å². The number of carbonyl (C=O) groups is 2. The topological polar surface area (TPSA) is 81.2 Å². The van der Waals surface area contributed by atoms with Crippen molar-refractivity contribution in [3.8, 4) is 0 Å². The Bertz CT molecular complexity index is 722. The zero-order valence-electron chi connectivity index (χ0n) is 12.5. The first kappa shape index (κ1) is 17.2. The van der Waals surface area contributed by atoms with Gasteiger partial charge < -0.3 is 10.1 Å². The Kier molecular flexibility index (Phi) is 5.95. The van der Waals surface area contributed by atoms with Gasteiger partial charge in [0.2, 0.25) is 0 Å². The zero-order chi connectivity index (χ0) is 16.8. The van der Waals surface area contributed by atoms with Crippen LogP contribution >= 0.6 is 23.4 Å². The van der Waals surface area contributed by atoms with E-state index in [4.69, 9.17) is 16.3 Å². The number of rotatable bonds is 5. The van der Waals surface area contributed by atoms with Crippen molar-refractivity contribution < 1.29 is 14.3 Å². The molecule has 2 rings (SSSR count). The summed E-state index contributed by atoms with van der Waals surface area (Å²) in [6, 6.07) is 6.36. The van der Waals surface area contributed by atoms with Gasteiger partial charge in [0.25, 0.3) is 5.91 Å². The van der Waals surface area contributed by atoms with Crippen molar-refractivity contribution in [1.29, 1.82) is 0 Å². The molecule has 0 saturated carbocycles. The van der Waals surface area contributed by atoms with Crippen molar-refractivity contribution in [3.05, 3.63) is 46.7 Å². The molecule has 1 N–H and O–H groups in total. The number of thioether (sulfide) groups is 1. The number of carbonyl (C=O) groups excluding carboxylic acids is 2. The van der Waals surface area contributed by atoms with Crippen LogP contribution in [0.4, 0.5) is 5.69 Å². The van der Waals surface area contributed by atoms with E-state index in [9.17, 15) is 9.59 Å². The maximum absolute atomic E-state index is 12.2. The van der Waals surface area contributed by atoms with Gasteiger partial charge in [-0.3, -0.25) is 4.79 Å². The molecule has 1 heterocycles. The van der Waals surface area contributed by atoms with E-state index in [0.29, 0.717) is 23.0 Å². The van der Waals surface area contributed by atoms with Gasteiger partial charge in [-0.1, -0.05) is 23.4 Å². The number of ether oxygens (including phenoxy) is 1. The Balaban J connectivity index is 2.10. The Morgan fingerprint density at radius 2 is 2.00 bits per heavy atom. The summed E-state index contributed by atoms with van der Waals surface area (Å²) in [5.74, 6) is -0.832. The molecule has 1 aromatic heterocycles. The number of benzene rings is 1. The zero-order valence-corrected chi connectivity index (χ0v) is 14.1. The molecule has 0 saturated heterocycles. The first-order valence-electron chi connectivity index (χ1n) is 6.70. The minimum Gasteiger partial charge on any atom is -0.462 e. The molecule has 120 valence electrons. The number of amides is 1. The number of hydrogen-bond acceptors (Lipinski definition) is 6. The molecule has 0 aliphatic heterocycles. The van der Waals surface area contributed by atoms with Gasteiger partial charge in [0.1, 0.15) is 5.15 Å². The number of aromatic nitrogens is 2. The standard InChI is InChI=1S/C15H14ClN3O3S/c1-3-22-14(21)9-4-6-10(7-5-9)18-13(20)11-8-17-15(23-2)19-12(11)16/h4-8H,3H2,1-2H3,(H,18,20).